The Bertz CT molecular complexity index is 411. The third kappa shape index (κ3) is 7.03. The Kier molecular flexibility index (Phi) is 8.75. The van der Waals surface area contributed by atoms with Gasteiger partial charge in [-0.3, -0.25) is 9.59 Å². The summed E-state index contributed by atoms with van der Waals surface area (Å²) in [5, 5.41) is 9.91. The van der Waals surface area contributed by atoms with E-state index in [0.29, 0.717) is 19.4 Å². The van der Waals surface area contributed by atoms with Crippen LogP contribution in [-0.4, -0.2) is 29.6 Å². The SMILES string of the molecule is CCOC(=O)CCCCCCC(O)/C=C/[C@H]1C=CC(=O)[C@@H]1C. The molecular formula is C18H28O4. The van der Waals surface area contributed by atoms with Crippen molar-refractivity contribution in [3.05, 3.63) is 24.3 Å². The fourth-order valence-corrected chi connectivity index (χ4v) is 2.51. The topological polar surface area (TPSA) is 63.6 Å². The summed E-state index contributed by atoms with van der Waals surface area (Å²) in [6.07, 6.45) is 11.7. The molecule has 1 aliphatic carbocycles. The first-order valence-electron chi connectivity index (χ1n) is 8.28. The first kappa shape index (κ1) is 18.6. The highest BCUT2D eigenvalue weighted by Gasteiger charge is 2.23. The average Bonchev–Trinajstić information content (AvgIpc) is 2.80. The van der Waals surface area contributed by atoms with Crippen LogP contribution in [0.25, 0.3) is 0 Å². The lowest BCUT2D eigenvalue weighted by Gasteiger charge is -2.10. The summed E-state index contributed by atoms with van der Waals surface area (Å²) in [6.45, 7) is 4.16. The zero-order valence-electron chi connectivity index (χ0n) is 13.7. The van der Waals surface area contributed by atoms with Gasteiger partial charge in [-0.25, -0.2) is 0 Å². The number of ketones is 1. The molecule has 0 aliphatic heterocycles. The minimum absolute atomic E-state index is 0.00803. The van der Waals surface area contributed by atoms with Gasteiger partial charge in [0.1, 0.15) is 0 Å². The van der Waals surface area contributed by atoms with Gasteiger partial charge in [-0.1, -0.05) is 44.4 Å². The van der Waals surface area contributed by atoms with E-state index >= 15 is 0 Å². The molecule has 3 atom stereocenters. The molecule has 0 aromatic carbocycles. The lowest BCUT2D eigenvalue weighted by Crippen LogP contribution is -2.10. The summed E-state index contributed by atoms with van der Waals surface area (Å²) in [7, 11) is 0. The van der Waals surface area contributed by atoms with E-state index in [1.165, 1.54) is 0 Å². The van der Waals surface area contributed by atoms with Crippen molar-refractivity contribution in [3.8, 4) is 0 Å². The molecule has 1 N–H and O–H groups in total. The van der Waals surface area contributed by atoms with Crippen LogP contribution in [0.15, 0.2) is 24.3 Å². The fraction of sp³-hybridized carbons (Fsp3) is 0.667. The number of carbonyl (C=O) groups excluding carboxylic acids is 2. The van der Waals surface area contributed by atoms with Crippen LogP contribution in [0.1, 0.15) is 52.4 Å². The van der Waals surface area contributed by atoms with Gasteiger partial charge in [0.05, 0.1) is 12.7 Å². The van der Waals surface area contributed by atoms with Gasteiger partial charge in [-0.2, -0.15) is 0 Å². The largest absolute Gasteiger partial charge is 0.466 e. The lowest BCUT2D eigenvalue weighted by atomic mass is 9.96. The van der Waals surface area contributed by atoms with Crippen molar-refractivity contribution < 1.29 is 19.4 Å². The summed E-state index contributed by atoms with van der Waals surface area (Å²) < 4.78 is 4.87. The predicted octanol–water partition coefficient (Wildman–Crippen LogP) is 3.20. The van der Waals surface area contributed by atoms with E-state index in [2.05, 4.69) is 0 Å². The van der Waals surface area contributed by atoms with E-state index in [-0.39, 0.29) is 23.6 Å². The van der Waals surface area contributed by atoms with Crippen molar-refractivity contribution in [1.82, 2.24) is 0 Å². The quantitative estimate of drug-likeness (QED) is 0.382. The number of hydrogen-bond acceptors (Lipinski definition) is 4. The molecule has 4 heteroatoms. The van der Waals surface area contributed by atoms with Crippen LogP contribution in [0.2, 0.25) is 0 Å². The molecule has 4 nitrogen and oxygen atoms in total. The van der Waals surface area contributed by atoms with Crippen LogP contribution in [0, 0.1) is 11.8 Å². The smallest absolute Gasteiger partial charge is 0.305 e. The van der Waals surface area contributed by atoms with Crippen molar-refractivity contribution >= 4 is 11.8 Å². The molecule has 0 aromatic rings. The van der Waals surface area contributed by atoms with Gasteiger partial charge in [0, 0.05) is 18.3 Å². The van der Waals surface area contributed by atoms with E-state index in [1.807, 2.05) is 26.0 Å². The Labute approximate surface area is 133 Å². The van der Waals surface area contributed by atoms with Crippen molar-refractivity contribution in [1.29, 1.82) is 0 Å². The van der Waals surface area contributed by atoms with E-state index < -0.39 is 6.10 Å². The summed E-state index contributed by atoms with van der Waals surface area (Å²) in [5.41, 5.74) is 0. The van der Waals surface area contributed by atoms with Gasteiger partial charge >= 0.3 is 5.97 Å². The molecule has 1 aliphatic rings. The Morgan fingerprint density at radius 1 is 1.36 bits per heavy atom. The van der Waals surface area contributed by atoms with E-state index in [0.717, 1.165) is 25.7 Å². The van der Waals surface area contributed by atoms with E-state index in [9.17, 15) is 14.7 Å². The molecule has 0 saturated heterocycles. The highest BCUT2D eigenvalue weighted by Crippen LogP contribution is 2.23. The molecule has 0 fully saturated rings. The summed E-state index contributed by atoms with van der Waals surface area (Å²) >= 11 is 0. The molecule has 0 spiro atoms. The Balaban J connectivity index is 2.06. The summed E-state index contributed by atoms with van der Waals surface area (Å²) in [6, 6.07) is 0. The molecule has 22 heavy (non-hydrogen) atoms. The third-order valence-corrected chi connectivity index (χ3v) is 4.00. The van der Waals surface area contributed by atoms with Gasteiger partial charge in [0.2, 0.25) is 0 Å². The second-order valence-electron chi connectivity index (χ2n) is 5.84. The number of allylic oxidation sites excluding steroid dienone is 3. The summed E-state index contributed by atoms with van der Waals surface area (Å²) in [4.78, 5) is 22.5. The number of esters is 1. The molecule has 1 rings (SSSR count). The molecule has 0 saturated carbocycles. The van der Waals surface area contributed by atoms with Crippen LogP contribution >= 0.6 is 0 Å². The molecule has 0 bridgehead atoms. The van der Waals surface area contributed by atoms with Gasteiger partial charge in [-0.05, 0) is 25.8 Å². The van der Waals surface area contributed by atoms with Crippen LogP contribution in [-0.2, 0) is 14.3 Å². The lowest BCUT2D eigenvalue weighted by molar-refractivity contribution is -0.143. The zero-order valence-corrected chi connectivity index (χ0v) is 13.7. The van der Waals surface area contributed by atoms with Crippen LogP contribution in [0.3, 0.4) is 0 Å². The fourth-order valence-electron chi connectivity index (χ4n) is 2.51. The van der Waals surface area contributed by atoms with Gasteiger partial charge < -0.3 is 9.84 Å². The first-order valence-corrected chi connectivity index (χ1v) is 8.28. The first-order chi connectivity index (χ1) is 10.5. The average molecular weight is 308 g/mol. The highest BCUT2D eigenvalue weighted by molar-refractivity contribution is 5.94. The minimum atomic E-state index is -0.457. The maximum Gasteiger partial charge on any atom is 0.305 e. The normalized spacial score (nSPS) is 22.4. The van der Waals surface area contributed by atoms with Crippen LogP contribution in [0.5, 0.6) is 0 Å². The maximum absolute atomic E-state index is 11.4. The van der Waals surface area contributed by atoms with Crippen LogP contribution < -0.4 is 0 Å². The number of hydrogen-bond donors (Lipinski definition) is 1. The monoisotopic (exact) mass is 308 g/mol. The molecule has 0 aromatic heterocycles. The minimum Gasteiger partial charge on any atom is -0.466 e. The van der Waals surface area contributed by atoms with Gasteiger partial charge in [-0.15, -0.1) is 0 Å². The molecular weight excluding hydrogens is 280 g/mol. The summed E-state index contributed by atoms with van der Waals surface area (Å²) in [5.74, 6) is 0.141. The van der Waals surface area contributed by atoms with Crippen LogP contribution in [0.4, 0.5) is 0 Å². The number of aliphatic hydroxyl groups excluding tert-OH is 1. The Hall–Kier alpha value is -1.42. The van der Waals surface area contributed by atoms with Crippen molar-refractivity contribution in [2.75, 3.05) is 6.61 Å². The van der Waals surface area contributed by atoms with Crippen molar-refractivity contribution in [2.24, 2.45) is 11.8 Å². The van der Waals surface area contributed by atoms with Gasteiger partial charge in [0.15, 0.2) is 5.78 Å². The second-order valence-corrected chi connectivity index (χ2v) is 5.84. The predicted molar refractivity (Wildman–Crippen MR) is 86.3 cm³/mol. The third-order valence-electron chi connectivity index (χ3n) is 4.00. The molecule has 0 heterocycles. The highest BCUT2D eigenvalue weighted by atomic mass is 16.5. The Morgan fingerprint density at radius 3 is 2.73 bits per heavy atom. The number of carbonyl (C=O) groups is 2. The second kappa shape index (κ2) is 10.3. The molecule has 124 valence electrons. The van der Waals surface area contributed by atoms with Crippen molar-refractivity contribution in [3.63, 3.8) is 0 Å². The maximum atomic E-state index is 11.4. The molecule has 0 amide bonds. The number of rotatable bonds is 10. The number of ether oxygens (including phenoxy) is 1. The van der Waals surface area contributed by atoms with Crippen molar-refractivity contribution in [2.45, 2.75) is 58.5 Å². The van der Waals surface area contributed by atoms with E-state index in [4.69, 9.17) is 4.74 Å². The Morgan fingerprint density at radius 2 is 2.09 bits per heavy atom. The number of unbranched alkanes of at least 4 members (excludes halogenated alkanes) is 3. The molecule has 0 radical (unpaired) electrons. The zero-order chi connectivity index (χ0) is 16.4. The standard InChI is InChI=1S/C18H28O4/c1-3-22-18(21)9-7-5-4-6-8-16(19)12-10-15-11-13-17(20)14(15)2/h10-16,19H,3-9H2,1-2H3/b12-10+/t14-,15+,16?/m1/s1. The van der Waals surface area contributed by atoms with E-state index in [1.54, 1.807) is 12.2 Å². The number of aliphatic hydroxyl groups is 1. The molecule has 1 unspecified atom stereocenters. The van der Waals surface area contributed by atoms with Gasteiger partial charge in [0.25, 0.3) is 0 Å².